The number of aliphatic hydroxyl groups excluding tert-OH is 1. The minimum absolute atomic E-state index is 0.0873. The predicted octanol–water partition coefficient (Wildman–Crippen LogP) is 3.08. The first-order chi connectivity index (χ1) is 9.97. The zero-order valence-electron chi connectivity index (χ0n) is 13.1. The van der Waals surface area contributed by atoms with Crippen LogP contribution in [0.4, 0.5) is 0 Å². The third kappa shape index (κ3) is 3.05. The molecule has 0 saturated carbocycles. The molecule has 1 N–H and O–H groups in total. The van der Waals surface area contributed by atoms with Crippen molar-refractivity contribution in [3.05, 3.63) is 47.2 Å². The van der Waals surface area contributed by atoms with Gasteiger partial charge in [0, 0.05) is 23.7 Å². The number of rotatable bonds is 4. The Morgan fingerprint density at radius 2 is 1.86 bits per heavy atom. The minimum Gasteiger partial charge on any atom is -0.509 e. The molecule has 0 amide bonds. The molecular formula is C17H23NO3. The van der Waals surface area contributed by atoms with Crippen molar-refractivity contribution >= 4 is 0 Å². The highest BCUT2D eigenvalue weighted by molar-refractivity contribution is 5.51. The Kier molecular flexibility index (Phi) is 4.58. The first-order valence-corrected chi connectivity index (χ1v) is 6.97. The third-order valence-corrected chi connectivity index (χ3v) is 4.04. The molecule has 0 radical (unpaired) electrons. The van der Waals surface area contributed by atoms with E-state index < -0.39 is 0 Å². The number of fused-ring (bicyclic) bond motifs is 1. The summed E-state index contributed by atoms with van der Waals surface area (Å²) < 4.78 is 11.0. The van der Waals surface area contributed by atoms with E-state index in [9.17, 15) is 5.11 Å². The van der Waals surface area contributed by atoms with Crippen molar-refractivity contribution in [1.29, 1.82) is 0 Å². The lowest BCUT2D eigenvalue weighted by Gasteiger charge is -2.36. The van der Waals surface area contributed by atoms with Gasteiger partial charge in [0.05, 0.1) is 14.2 Å². The number of nitrogens with zero attached hydrogens (tertiary/aromatic N) is 1. The first-order valence-electron chi connectivity index (χ1n) is 6.97. The number of ether oxygens (including phenoxy) is 2. The average molecular weight is 289 g/mol. The monoisotopic (exact) mass is 289 g/mol. The van der Waals surface area contributed by atoms with Crippen molar-refractivity contribution in [2.75, 3.05) is 21.3 Å². The van der Waals surface area contributed by atoms with Crippen molar-refractivity contribution in [2.45, 2.75) is 25.9 Å². The van der Waals surface area contributed by atoms with Crippen LogP contribution in [0, 0.1) is 0 Å². The molecule has 114 valence electrons. The van der Waals surface area contributed by atoms with Gasteiger partial charge in [0.15, 0.2) is 0 Å². The normalized spacial score (nSPS) is 19.0. The molecule has 0 bridgehead atoms. The van der Waals surface area contributed by atoms with E-state index in [1.54, 1.807) is 20.3 Å². The van der Waals surface area contributed by atoms with Gasteiger partial charge in [0.2, 0.25) is 0 Å². The molecule has 21 heavy (non-hydrogen) atoms. The summed E-state index contributed by atoms with van der Waals surface area (Å²) in [6, 6.07) is 4.11. The molecule has 2 rings (SSSR count). The Morgan fingerprint density at radius 1 is 1.29 bits per heavy atom. The van der Waals surface area contributed by atoms with Crippen LogP contribution in [0.2, 0.25) is 0 Å². The number of benzene rings is 1. The second-order valence-corrected chi connectivity index (χ2v) is 5.44. The largest absolute Gasteiger partial charge is 0.509 e. The fraction of sp³-hybridized carbons (Fsp3) is 0.412. The molecule has 4 nitrogen and oxygen atoms in total. The van der Waals surface area contributed by atoms with E-state index in [1.807, 2.05) is 19.1 Å². The highest BCUT2D eigenvalue weighted by Crippen LogP contribution is 2.37. The zero-order valence-corrected chi connectivity index (χ0v) is 13.1. The summed E-state index contributed by atoms with van der Waals surface area (Å²) in [5.74, 6) is 1.87. The summed E-state index contributed by atoms with van der Waals surface area (Å²) in [5.41, 5.74) is 3.43. The standard InChI is InChI=1S/C17H23NO3/c1-11(8-12(2)19)15-9-13-14(10-18(15)3)17(21-5)7-6-16(13)20-4/h6-8,15,19H,2,9-10H2,1,3-5H3/b11-8+/t15-/m0/s1. The van der Waals surface area contributed by atoms with Crippen molar-refractivity contribution in [3.63, 3.8) is 0 Å². The first kappa shape index (κ1) is 15.4. The third-order valence-electron chi connectivity index (χ3n) is 4.04. The quantitative estimate of drug-likeness (QED) is 0.683. The molecule has 1 aliphatic rings. The van der Waals surface area contributed by atoms with Gasteiger partial charge in [-0.2, -0.15) is 0 Å². The summed E-state index contributed by atoms with van der Waals surface area (Å²) in [7, 11) is 5.45. The SMILES string of the molecule is C=C(O)/C=C(\C)[C@@H]1Cc2c(OC)ccc(OC)c2CN1C. The van der Waals surface area contributed by atoms with Crippen LogP contribution >= 0.6 is 0 Å². The number of hydrogen-bond acceptors (Lipinski definition) is 4. The van der Waals surface area contributed by atoms with E-state index in [0.29, 0.717) is 0 Å². The van der Waals surface area contributed by atoms with Crippen LogP contribution in [-0.4, -0.2) is 37.3 Å². The molecule has 0 saturated heterocycles. The summed E-state index contributed by atoms with van der Waals surface area (Å²) in [4.78, 5) is 2.25. The Bertz CT molecular complexity index is 578. The van der Waals surface area contributed by atoms with Crippen LogP contribution in [-0.2, 0) is 13.0 Å². The molecule has 1 aromatic rings. The lowest BCUT2D eigenvalue weighted by atomic mass is 9.89. The van der Waals surface area contributed by atoms with Crippen LogP contribution in [0.15, 0.2) is 36.1 Å². The van der Waals surface area contributed by atoms with Gasteiger partial charge in [-0.1, -0.05) is 12.2 Å². The van der Waals surface area contributed by atoms with Gasteiger partial charge in [0.1, 0.15) is 17.3 Å². The number of hydrogen-bond donors (Lipinski definition) is 1. The van der Waals surface area contributed by atoms with Gasteiger partial charge in [-0.25, -0.2) is 0 Å². The fourth-order valence-corrected chi connectivity index (χ4v) is 3.01. The van der Waals surface area contributed by atoms with Crippen molar-refractivity contribution in [1.82, 2.24) is 4.90 Å². The minimum atomic E-state index is 0.0873. The molecular weight excluding hydrogens is 266 g/mol. The lowest BCUT2D eigenvalue weighted by Crippen LogP contribution is -2.38. The van der Waals surface area contributed by atoms with E-state index >= 15 is 0 Å². The summed E-state index contributed by atoms with van der Waals surface area (Å²) in [6.07, 6.45) is 2.54. The summed E-state index contributed by atoms with van der Waals surface area (Å²) in [6.45, 7) is 6.33. The van der Waals surface area contributed by atoms with Gasteiger partial charge >= 0.3 is 0 Å². The maximum Gasteiger partial charge on any atom is 0.123 e. The zero-order chi connectivity index (χ0) is 15.6. The Balaban J connectivity index is 2.44. The van der Waals surface area contributed by atoms with Gasteiger partial charge < -0.3 is 14.6 Å². The molecule has 1 aromatic carbocycles. The topological polar surface area (TPSA) is 41.9 Å². The van der Waals surface area contributed by atoms with Crippen LogP contribution in [0.5, 0.6) is 11.5 Å². The lowest BCUT2D eigenvalue weighted by molar-refractivity contribution is 0.234. The summed E-state index contributed by atoms with van der Waals surface area (Å²) in [5, 5.41) is 9.38. The van der Waals surface area contributed by atoms with Crippen LogP contribution in [0.3, 0.4) is 0 Å². The summed E-state index contributed by atoms with van der Waals surface area (Å²) >= 11 is 0. The highest BCUT2D eigenvalue weighted by atomic mass is 16.5. The fourth-order valence-electron chi connectivity index (χ4n) is 3.01. The van der Waals surface area contributed by atoms with E-state index in [2.05, 4.69) is 18.5 Å². The Labute approximate surface area is 126 Å². The Morgan fingerprint density at radius 3 is 2.38 bits per heavy atom. The number of likely N-dealkylation sites (N-methyl/N-ethyl adjacent to an activating group) is 1. The van der Waals surface area contributed by atoms with Gasteiger partial charge in [-0.15, -0.1) is 0 Å². The second-order valence-electron chi connectivity index (χ2n) is 5.44. The van der Waals surface area contributed by atoms with Crippen LogP contribution in [0.1, 0.15) is 18.1 Å². The Hall–Kier alpha value is -1.94. The molecule has 0 spiro atoms. The van der Waals surface area contributed by atoms with Crippen LogP contribution < -0.4 is 9.47 Å². The highest BCUT2D eigenvalue weighted by Gasteiger charge is 2.29. The van der Waals surface area contributed by atoms with Crippen molar-refractivity contribution in [3.8, 4) is 11.5 Å². The van der Waals surface area contributed by atoms with E-state index in [1.165, 1.54) is 11.1 Å². The van der Waals surface area contributed by atoms with Crippen LogP contribution in [0.25, 0.3) is 0 Å². The molecule has 0 aromatic heterocycles. The molecule has 0 fully saturated rings. The van der Waals surface area contributed by atoms with Crippen molar-refractivity contribution < 1.29 is 14.6 Å². The van der Waals surface area contributed by atoms with E-state index in [0.717, 1.165) is 30.0 Å². The maximum absolute atomic E-state index is 9.38. The van der Waals surface area contributed by atoms with Gasteiger partial charge in [-0.3, -0.25) is 4.90 Å². The van der Waals surface area contributed by atoms with E-state index in [-0.39, 0.29) is 11.8 Å². The maximum atomic E-state index is 9.38. The number of aliphatic hydroxyl groups is 1. The predicted molar refractivity (Wildman–Crippen MR) is 84.0 cm³/mol. The van der Waals surface area contributed by atoms with Crippen molar-refractivity contribution in [2.24, 2.45) is 0 Å². The second kappa shape index (κ2) is 6.22. The molecule has 0 unspecified atom stereocenters. The van der Waals surface area contributed by atoms with Gasteiger partial charge in [0.25, 0.3) is 0 Å². The number of methoxy groups -OCH3 is 2. The molecule has 0 aliphatic carbocycles. The van der Waals surface area contributed by atoms with Gasteiger partial charge in [-0.05, 0) is 38.6 Å². The number of allylic oxidation sites excluding steroid dienone is 1. The molecule has 1 heterocycles. The average Bonchev–Trinajstić information content (AvgIpc) is 2.44. The smallest absolute Gasteiger partial charge is 0.123 e. The molecule has 1 atom stereocenters. The molecule has 4 heteroatoms. The van der Waals surface area contributed by atoms with E-state index in [4.69, 9.17) is 9.47 Å². The molecule has 1 aliphatic heterocycles.